The van der Waals surface area contributed by atoms with Gasteiger partial charge in [-0.05, 0) is 73.1 Å². The van der Waals surface area contributed by atoms with Crippen molar-refractivity contribution in [3.8, 4) is 11.5 Å². The van der Waals surface area contributed by atoms with Gasteiger partial charge >= 0.3 is 12.6 Å². The summed E-state index contributed by atoms with van der Waals surface area (Å²) in [5.74, 6) is -1.36. The lowest BCUT2D eigenvalue weighted by Gasteiger charge is -2.22. The van der Waals surface area contributed by atoms with E-state index in [1.165, 1.54) is 13.2 Å². The van der Waals surface area contributed by atoms with Gasteiger partial charge in [-0.1, -0.05) is 6.07 Å². The number of benzene rings is 2. The van der Waals surface area contributed by atoms with Crippen LogP contribution in [0.25, 0.3) is 0 Å². The summed E-state index contributed by atoms with van der Waals surface area (Å²) < 4.78 is 81.6. The number of rotatable bonds is 9. The first-order valence-corrected chi connectivity index (χ1v) is 12.2. The molecule has 1 aliphatic heterocycles. The van der Waals surface area contributed by atoms with Crippen LogP contribution in [0.3, 0.4) is 0 Å². The molecule has 0 N–H and O–H groups in total. The van der Waals surface area contributed by atoms with Crippen LogP contribution in [0.5, 0.6) is 11.5 Å². The normalized spacial score (nSPS) is 21.0. The summed E-state index contributed by atoms with van der Waals surface area (Å²) in [4.78, 5) is 12.3. The van der Waals surface area contributed by atoms with Crippen LogP contribution in [0.2, 0.25) is 0 Å². The zero-order chi connectivity index (χ0) is 24.5. The molecule has 1 aliphatic carbocycles. The zero-order valence-electron chi connectivity index (χ0n) is 18.3. The number of esters is 1. The van der Waals surface area contributed by atoms with Crippen LogP contribution < -0.4 is 9.47 Å². The lowest BCUT2D eigenvalue weighted by Crippen LogP contribution is -2.41. The van der Waals surface area contributed by atoms with E-state index in [-0.39, 0.29) is 29.4 Å². The molecule has 0 bridgehead atoms. The Kier molecular flexibility index (Phi) is 7.04. The van der Waals surface area contributed by atoms with Crippen molar-refractivity contribution in [1.29, 1.82) is 0 Å². The molecule has 34 heavy (non-hydrogen) atoms. The van der Waals surface area contributed by atoms with Gasteiger partial charge in [-0.25, -0.2) is 12.8 Å². The number of carbonyl (C=O) groups excluding carboxylic acids is 1. The predicted molar refractivity (Wildman–Crippen MR) is 115 cm³/mol. The van der Waals surface area contributed by atoms with Crippen LogP contribution in [0.4, 0.5) is 13.2 Å². The Morgan fingerprint density at radius 2 is 1.82 bits per heavy atom. The first kappa shape index (κ1) is 24.3. The largest absolute Gasteiger partial charge is 0.489 e. The summed E-state index contributed by atoms with van der Waals surface area (Å²) in [6, 6.07) is 7.67. The van der Waals surface area contributed by atoms with E-state index in [4.69, 9.17) is 9.47 Å². The van der Waals surface area contributed by atoms with E-state index < -0.39 is 40.4 Å². The van der Waals surface area contributed by atoms with E-state index in [0.29, 0.717) is 18.1 Å². The number of halogens is 3. The first-order valence-electron chi connectivity index (χ1n) is 10.8. The molecule has 2 aromatic carbocycles. The van der Waals surface area contributed by atoms with E-state index in [1.807, 2.05) is 0 Å². The molecule has 0 amide bonds. The van der Waals surface area contributed by atoms with E-state index in [1.54, 1.807) is 12.1 Å². The third kappa shape index (κ3) is 5.30. The third-order valence-corrected chi connectivity index (χ3v) is 7.86. The van der Waals surface area contributed by atoms with Gasteiger partial charge in [-0.15, -0.1) is 0 Å². The lowest BCUT2D eigenvalue weighted by atomic mass is 9.96. The van der Waals surface area contributed by atoms with Crippen molar-refractivity contribution in [3.63, 3.8) is 0 Å². The van der Waals surface area contributed by atoms with Gasteiger partial charge in [0.15, 0.2) is 11.5 Å². The molecule has 2 fully saturated rings. The smallest absolute Gasteiger partial charge is 0.387 e. The van der Waals surface area contributed by atoms with Crippen molar-refractivity contribution in [1.82, 2.24) is 4.31 Å². The van der Waals surface area contributed by atoms with Crippen molar-refractivity contribution in [2.45, 2.75) is 42.7 Å². The molecule has 2 aliphatic rings. The Hall–Kier alpha value is -2.79. The number of nitrogens with zero attached hydrogens (tertiary/aromatic N) is 1. The van der Waals surface area contributed by atoms with Crippen molar-refractivity contribution in [2.24, 2.45) is 5.92 Å². The fourth-order valence-corrected chi connectivity index (χ4v) is 5.62. The Bertz CT molecular complexity index is 1140. The molecule has 2 atom stereocenters. The molecule has 1 saturated carbocycles. The molecule has 7 nitrogen and oxygen atoms in total. The maximum absolute atomic E-state index is 13.3. The van der Waals surface area contributed by atoms with Crippen LogP contribution in [-0.2, 0) is 19.6 Å². The number of hydrogen-bond acceptors (Lipinski definition) is 6. The van der Waals surface area contributed by atoms with Crippen LogP contribution in [0.1, 0.15) is 30.7 Å². The number of sulfonamides is 1. The molecule has 1 heterocycles. The second kappa shape index (κ2) is 9.83. The maximum Gasteiger partial charge on any atom is 0.387 e. The summed E-state index contributed by atoms with van der Waals surface area (Å²) in [5, 5.41) is 0. The summed E-state index contributed by atoms with van der Waals surface area (Å²) >= 11 is 0. The van der Waals surface area contributed by atoms with Gasteiger partial charge in [0.1, 0.15) is 11.9 Å². The molecular formula is C23H24F3NO6S. The average molecular weight is 500 g/mol. The number of hydrogen-bond donors (Lipinski definition) is 0. The SMILES string of the molecule is COC(=O)C1CC(c2ccc(OC(F)F)c(OCC3CC3)c2)CN1S(=O)(=O)c1ccc(F)cc1. The number of carbonyl (C=O) groups is 1. The minimum atomic E-state index is -4.14. The summed E-state index contributed by atoms with van der Waals surface area (Å²) in [7, 11) is -2.97. The lowest BCUT2D eigenvalue weighted by molar-refractivity contribution is -0.144. The molecular weight excluding hydrogens is 475 g/mol. The second-order valence-corrected chi connectivity index (χ2v) is 10.2. The number of alkyl halides is 2. The van der Waals surface area contributed by atoms with Crippen molar-refractivity contribution < 1.29 is 40.6 Å². The zero-order valence-corrected chi connectivity index (χ0v) is 19.1. The standard InChI is InChI=1S/C23H24F3NO6S/c1-31-22(28)19-10-16(12-27(19)34(29,30)18-7-5-17(24)6-8-18)15-4-9-20(33-23(25)26)21(11-15)32-13-14-2-3-14/h4-9,11,14,16,19,23H,2-3,10,12-13H2,1H3. The summed E-state index contributed by atoms with van der Waals surface area (Å²) in [6.07, 6.45) is 2.12. The van der Waals surface area contributed by atoms with Crippen LogP contribution in [0, 0.1) is 11.7 Å². The van der Waals surface area contributed by atoms with Crippen LogP contribution >= 0.6 is 0 Å². The Labute approximate surface area is 195 Å². The molecule has 2 unspecified atom stereocenters. The fraction of sp³-hybridized carbons (Fsp3) is 0.435. The van der Waals surface area contributed by atoms with Crippen molar-refractivity contribution in [2.75, 3.05) is 20.3 Å². The second-order valence-electron chi connectivity index (χ2n) is 8.34. The van der Waals surface area contributed by atoms with E-state index >= 15 is 0 Å². The quantitative estimate of drug-likeness (QED) is 0.487. The maximum atomic E-state index is 13.3. The molecule has 11 heteroatoms. The Balaban J connectivity index is 1.63. The fourth-order valence-electron chi connectivity index (χ4n) is 3.98. The van der Waals surface area contributed by atoms with Crippen molar-refractivity contribution in [3.05, 3.63) is 53.8 Å². The summed E-state index contributed by atoms with van der Waals surface area (Å²) in [6.45, 7) is -2.72. The van der Waals surface area contributed by atoms with E-state index in [0.717, 1.165) is 41.4 Å². The monoisotopic (exact) mass is 499 g/mol. The van der Waals surface area contributed by atoms with Crippen molar-refractivity contribution >= 4 is 16.0 Å². The number of ether oxygens (including phenoxy) is 3. The van der Waals surface area contributed by atoms with Gasteiger partial charge in [0.05, 0.1) is 18.6 Å². The topological polar surface area (TPSA) is 82.1 Å². The molecule has 0 radical (unpaired) electrons. The molecule has 0 spiro atoms. The molecule has 2 aromatic rings. The van der Waals surface area contributed by atoms with Gasteiger partial charge < -0.3 is 14.2 Å². The van der Waals surface area contributed by atoms with E-state index in [2.05, 4.69) is 4.74 Å². The summed E-state index contributed by atoms with van der Waals surface area (Å²) in [5.41, 5.74) is 0.609. The van der Waals surface area contributed by atoms with Gasteiger partial charge in [0.2, 0.25) is 10.0 Å². The minimum absolute atomic E-state index is 0.0589. The first-order chi connectivity index (χ1) is 16.2. The highest BCUT2D eigenvalue weighted by Gasteiger charge is 2.45. The molecule has 4 rings (SSSR count). The molecule has 184 valence electrons. The Morgan fingerprint density at radius 1 is 1.12 bits per heavy atom. The van der Waals surface area contributed by atoms with Gasteiger partial charge in [0.25, 0.3) is 0 Å². The third-order valence-electron chi connectivity index (χ3n) is 5.98. The average Bonchev–Trinajstić information content (AvgIpc) is 3.52. The van der Waals surface area contributed by atoms with Crippen LogP contribution in [0.15, 0.2) is 47.4 Å². The van der Waals surface area contributed by atoms with Crippen LogP contribution in [-0.4, -0.2) is 51.6 Å². The van der Waals surface area contributed by atoms with Gasteiger partial charge in [-0.3, -0.25) is 4.79 Å². The minimum Gasteiger partial charge on any atom is -0.489 e. The highest BCUT2D eigenvalue weighted by Crippen LogP contribution is 2.40. The molecule has 0 aromatic heterocycles. The molecule has 1 saturated heterocycles. The van der Waals surface area contributed by atoms with E-state index in [9.17, 15) is 26.4 Å². The Morgan fingerprint density at radius 3 is 2.44 bits per heavy atom. The predicted octanol–water partition coefficient (Wildman–Crippen LogP) is 3.94. The van der Waals surface area contributed by atoms with Gasteiger partial charge in [-0.2, -0.15) is 13.1 Å². The highest BCUT2D eigenvalue weighted by molar-refractivity contribution is 7.89. The van der Waals surface area contributed by atoms with Gasteiger partial charge in [0, 0.05) is 6.54 Å². The number of methoxy groups -OCH3 is 1. The highest BCUT2D eigenvalue weighted by atomic mass is 32.2.